The molecule has 0 radical (unpaired) electrons. The lowest BCUT2D eigenvalue weighted by Gasteiger charge is -2.12. The van der Waals surface area contributed by atoms with Gasteiger partial charge in [-0.05, 0) is 49.8 Å². The fourth-order valence-corrected chi connectivity index (χ4v) is 4.22. The highest BCUT2D eigenvalue weighted by Crippen LogP contribution is 2.25. The van der Waals surface area contributed by atoms with Crippen molar-refractivity contribution in [1.29, 1.82) is 0 Å². The molecule has 0 amide bonds. The molecule has 0 saturated heterocycles. The van der Waals surface area contributed by atoms with Gasteiger partial charge in [-0.15, -0.1) is 34.2 Å². The number of nitrogens with one attached hydrogen (secondary N) is 2. The second-order valence-electron chi connectivity index (χ2n) is 8.08. The number of halogens is 1. The summed E-state index contributed by atoms with van der Waals surface area (Å²) in [4.78, 5) is 4.75. The van der Waals surface area contributed by atoms with E-state index in [1.165, 1.54) is 36.2 Å². The molecule has 0 unspecified atom stereocenters. The van der Waals surface area contributed by atoms with Crippen LogP contribution in [0.3, 0.4) is 0 Å². The normalized spacial score (nSPS) is 15.3. The average Bonchev–Trinajstić information content (AvgIpc) is 3.31. The molecule has 2 N–H and O–H groups in total. The van der Waals surface area contributed by atoms with Crippen molar-refractivity contribution in [2.45, 2.75) is 64.8 Å². The zero-order valence-corrected chi connectivity index (χ0v) is 20.9. The minimum Gasteiger partial charge on any atom is -0.493 e. The molecule has 0 saturated carbocycles. The molecule has 2 aliphatic rings. The zero-order valence-electron chi connectivity index (χ0n) is 18.5. The number of hydrogen-bond donors (Lipinski definition) is 2. The van der Waals surface area contributed by atoms with Crippen molar-refractivity contribution in [3.63, 3.8) is 0 Å². The molecule has 3 heterocycles. The smallest absolute Gasteiger partial charge is 0.191 e. The Morgan fingerprint density at radius 3 is 2.97 bits per heavy atom. The third-order valence-electron chi connectivity index (χ3n) is 5.82. The Balaban J connectivity index is 0.00000272. The largest absolute Gasteiger partial charge is 0.493 e. The molecule has 1 aromatic heterocycles. The molecule has 0 bridgehead atoms. The quantitative estimate of drug-likeness (QED) is 0.234. The van der Waals surface area contributed by atoms with E-state index in [0.717, 1.165) is 82.4 Å². The Morgan fingerprint density at radius 1 is 1.13 bits per heavy atom. The van der Waals surface area contributed by atoms with Crippen LogP contribution in [-0.4, -0.2) is 47.0 Å². The van der Waals surface area contributed by atoms with Crippen molar-refractivity contribution in [3.05, 3.63) is 41.0 Å². The fourth-order valence-electron chi connectivity index (χ4n) is 4.22. The molecule has 7 nitrogen and oxygen atoms in total. The molecule has 0 fully saturated rings. The van der Waals surface area contributed by atoms with E-state index >= 15 is 0 Å². The molecule has 8 heteroatoms. The van der Waals surface area contributed by atoms with Crippen LogP contribution in [-0.2, 0) is 32.2 Å². The van der Waals surface area contributed by atoms with Crippen molar-refractivity contribution in [3.8, 4) is 5.75 Å². The number of benzene rings is 1. The maximum absolute atomic E-state index is 5.59. The summed E-state index contributed by atoms with van der Waals surface area (Å²) in [5, 5.41) is 15.6. The fraction of sp³-hybridized carbons (Fsp3) is 0.609. The van der Waals surface area contributed by atoms with Crippen LogP contribution >= 0.6 is 24.0 Å². The third-order valence-corrected chi connectivity index (χ3v) is 5.82. The Morgan fingerprint density at radius 2 is 2.06 bits per heavy atom. The summed E-state index contributed by atoms with van der Waals surface area (Å²) in [7, 11) is 0. The Kier molecular flexibility index (Phi) is 9.42. The monoisotopic (exact) mass is 538 g/mol. The number of guanidine groups is 1. The van der Waals surface area contributed by atoms with Gasteiger partial charge in [-0.1, -0.05) is 18.6 Å². The van der Waals surface area contributed by atoms with E-state index in [9.17, 15) is 0 Å². The second kappa shape index (κ2) is 12.3. The number of nitrogens with zero attached hydrogens (tertiary/aromatic N) is 4. The van der Waals surface area contributed by atoms with E-state index in [0.29, 0.717) is 0 Å². The summed E-state index contributed by atoms with van der Waals surface area (Å²) >= 11 is 0. The predicted octanol–water partition coefficient (Wildman–Crippen LogP) is 3.29. The van der Waals surface area contributed by atoms with E-state index < -0.39 is 0 Å². The van der Waals surface area contributed by atoms with Crippen LogP contribution in [0.4, 0.5) is 0 Å². The van der Waals surface area contributed by atoms with Gasteiger partial charge in [0.1, 0.15) is 17.4 Å². The SMILES string of the molecule is CCNC(=NCCCc1nnc2n1CCCCC2)NCCc1ccc2c(c1)CCO2.I. The topological polar surface area (TPSA) is 76.4 Å². The van der Waals surface area contributed by atoms with Gasteiger partial charge in [0, 0.05) is 45.4 Å². The first-order chi connectivity index (χ1) is 14.8. The lowest BCUT2D eigenvalue weighted by molar-refractivity contribution is 0.357. The maximum atomic E-state index is 5.59. The predicted molar refractivity (Wildman–Crippen MR) is 135 cm³/mol. The summed E-state index contributed by atoms with van der Waals surface area (Å²) in [6.07, 6.45) is 8.76. The van der Waals surface area contributed by atoms with E-state index in [1.807, 2.05) is 0 Å². The van der Waals surface area contributed by atoms with Crippen LogP contribution in [0.15, 0.2) is 23.2 Å². The Hall–Kier alpha value is -1.84. The summed E-state index contributed by atoms with van der Waals surface area (Å²) in [5.74, 6) is 4.23. The van der Waals surface area contributed by atoms with E-state index in [-0.39, 0.29) is 24.0 Å². The van der Waals surface area contributed by atoms with Crippen LogP contribution in [0.5, 0.6) is 5.75 Å². The van der Waals surface area contributed by atoms with E-state index in [1.54, 1.807) is 0 Å². The second-order valence-corrected chi connectivity index (χ2v) is 8.08. The molecule has 4 rings (SSSR count). The van der Waals surface area contributed by atoms with Crippen molar-refractivity contribution >= 4 is 29.9 Å². The zero-order chi connectivity index (χ0) is 20.6. The lowest BCUT2D eigenvalue weighted by atomic mass is 10.1. The van der Waals surface area contributed by atoms with Gasteiger partial charge in [-0.25, -0.2) is 0 Å². The van der Waals surface area contributed by atoms with E-state index in [2.05, 4.69) is 50.5 Å². The molecule has 1 aromatic carbocycles. The van der Waals surface area contributed by atoms with Gasteiger partial charge in [-0.2, -0.15) is 0 Å². The van der Waals surface area contributed by atoms with Gasteiger partial charge in [0.05, 0.1) is 6.61 Å². The third kappa shape index (κ3) is 6.57. The summed E-state index contributed by atoms with van der Waals surface area (Å²) in [5.41, 5.74) is 2.68. The van der Waals surface area contributed by atoms with Crippen molar-refractivity contribution < 1.29 is 4.74 Å². The van der Waals surface area contributed by atoms with Gasteiger partial charge in [0.15, 0.2) is 5.96 Å². The highest BCUT2D eigenvalue weighted by atomic mass is 127. The minimum atomic E-state index is 0. The van der Waals surface area contributed by atoms with Crippen LogP contribution in [0.2, 0.25) is 0 Å². The van der Waals surface area contributed by atoms with Gasteiger partial charge >= 0.3 is 0 Å². The van der Waals surface area contributed by atoms with Gasteiger partial charge < -0.3 is 19.9 Å². The number of aryl methyl sites for hydroxylation is 2. The molecule has 2 aromatic rings. The first kappa shape index (κ1) is 23.8. The summed E-state index contributed by atoms with van der Waals surface area (Å²) < 4.78 is 7.93. The number of aliphatic imine (C=N–C) groups is 1. The Bertz CT molecular complexity index is 866. The molecule has 170 valence electrons. The van der Waals surface area contributed by atoms with Crippen molar-refractivity contribution in [1.82, 2.24) is 25.4 Å². The van der Waals surface area contributed by atoms with Gasteiger partial charge in [-0.3, -0.25) is 4.99 Å². The summed E-state index contributed by atoms with van der Waals surface area (Å²) in [6, 6.07) is 6.54. The number of aromatic nitrogens is 3. The van der Waals surface area contributed by atoms with Crippen LogP contribution in [0.1, 0.15) is 55.4 Å². The van der Waals surface area contributed by atoms with E-state index in [4.69, 9.17) is 9.73 Å². The summed E-state index contributed by atoms with van der Waals surface area (Å²) in [6.45, 7) is 6.49. The molecule has 0 aliphatic carbocycles. The first-order valence-corrected chi connectivity index (χ1v) is 11.5. The average molecular weight is 538 g/mol. The molecule has 2 aliphatic heterocycles. The molecule has 31 heavy (non-hydrogen) atoms. The minimum absolute atomic E-state index is 0. The number of fused-ring (bicyclic) bond motifs is 2. The van der Waals surface area contributed by atoms with Crippen molar-refractivity contribution in [2.24, 2.45) is 4.99 Å². The van der Waals surface area contributed by atoms with Crippen LogP contribution in [0.25, 0.3) is 0 Å². The maximum Gasteiger partial charge on any atom is 0.191 e. The van der Waals surface area contributed by atoms with Crippen molar-refractivity contribution in [2.75, 3.05) is 26.2 Å². The number of ether oxygens (including phenoxy) is 1. The number of rotatable bonds is 8. The molecule has 0 atom stereocenters. The van der Waals surface area contributed by atoms with Gasteiger partial charge in [0.2, 0.25) is 0 Å². The standard InChI is InChI=1S/C23H34N6O.HI/c1-2-24-23(26-14-11-18-9-10-20-19(17-18)12-16-30-20)25-13-6-8-22-28-27-21-7-4-3-5-15-29(21)22;/h9-10,17H,2-8,11-16H2,1H3,(H2,24,25,26);1H. The van der Waals surface area contributed by atoms with Crippen LogP contribution in [0, 0.1) is 0 Å². The lowest BCUT2D eigenvalue weighted by Crippen LogP contribution is -2.38. The Labute approximate surface area is 202 Å². The highest BCUT2D eigenvalue weighted by molar-refractivity contribution is 14.0. The molecular formula is C23H35IN6O. The number of hydrogen-bond acceptors (Lipinski definition) is 4. The van der Waals surface area contributed by atoms with Gasteiger partial charge in [0.25, 0.3) is 0 Å². The first-order valence-electron chi connectivity index (χ1n) is 11.5. The molecule has 0 spiro atoms. The van der Waals surface area contributed by atoms with Crippen LogP contribution < -0.4 is 15.4 Å². The highest BCUT2D eigenvalue weighted by Gasteiger charge is 2.14. The molecular weight excluding hydrogens is 503 g/mol.